The predicted molar refractivity (Wildman–Crippen MR) is 97.2 cm³/mol. The van der Waals surface area contributed by atoms with E-state index in [2.05, 4.69) is 25.4 Å². The van der Waals surface area contributed by atoms with Gasteiger partial charge in [0.25, 0.3) is 0 Å². The first kappa shape index (κ1) is 15.5. The lowest BCUT2D eigenvalue weighted by Crippen LogP contribution is -2.48. The van der Waals surface area contributed by atoms with E-state index in [0.29, 0.717) is 29.7 Å². The van der Waals surface area contributed by atoms with Gasteiger partial charge in [-0.15, -0.1) is 5.10 Å². The first-order chi connectivity index (χ1) is 12.5. The molecule has 26 heavy (non-hydrogen) atoms. The Labute approximate surface area is 153 Å². The molecule has 0 unspecified atom stereocenters. The van der Waals surface area contributed by atoms with E-state index in [4.69, 9.17) is 11.6 Å². The van der Waals surface area contributed by atoms with E-state index >= 15 is 0 Å². The Morgan fingerprint density at radius 3 is 2.85 bits per heavy atom. The standard InChI is InChI=1S/C17H16ClN7O/c1-17(26)4-11(5-17)22-15-19-7-13-12(2-3-25(13)23-15)10-6-20-16-21-8-14(18)24(16)9-10/h2-3,6-9,11,26H,4-5H2,1H3,(H,22,23). The van der Waals surface area contributed by atoms with Crippen molar-refractivity contribution in [2.75, 3.05) is 5.32 Å². The molecule has 0 radical (unpaired) electrons. The lowest BCUT2D eigenvalue weighted by Gasteiger charge is -2.41. The molecule has 0 aliphatic heterocycles. The smallest absolute Gasteiger partial charge is 0.241 e. The summed E-state index contributed by atoms with van der Waals surface area (Å²) >= 11 is 6.14. The number of halogens is 1. The molecule has 0 aromatic carbocycles. The highest BCUT2D eigenvalue weighted by Gasteiger charge is 2.38. The van der Waals surface area contributed by atoms with Crippen LogP contribution in [0.25, 0.3) is 22.4 Å². The molecule has 2 N–H and O–H groups in total. The Kier molecular flexibility index (Phi) is 3.22. The van der Waals surface area contributed by atoms with Crippen molar-refractivity contribution in [2.24, 2.45) is 0 Å². The summed E-state index contributed by atoms with van der Waals surface area (Å²) in [5.74, 6) is 1.10. The van der Waals surface area contributed by atoms with Gasteiger partial charge in [0.05, 0.1) is 23.5 Å². The lowest BCUT2D eigenvalue weighted by molar-refractivity contribution is -0.0236. The van der Waals surface area contributed by atoms with Crippen molar-refractivity contribution < 1.29 is 5.11 Å². The van der Waals surface area contributed by atoms with E-state index in [1.165, 1.54) is 0 Å². The van der Waals surface area contributed by atoms with Crippen molar-refractivity contribution in [3.8, 4) is 11.1 Å². The van der Waals surface area contributed by atoms with Gasteiger partial charge in [-0.1, -0.05) is 11.6 Å². The maximum Gasteiger partial charge on any atom is 0.241 e. The predicted octanol–water partition coefficient (Wildman–Crippen LogP) is 2.42. The van der Waals surface area contributed by atoms with Gasteiger partial charge in [0, 0.05) is 35.8 Å². The van der Waals surface area contributed by atoms with Gasteiger partial charge in [0.1, 0.15) is 5.15 Å². The third-order valence-corrected chi connectivity index (χ3v) is 5.03. The largest absolute Gasteiger partial charge is 0.390 e. The van der Waals surface area contributed by atoms with Gasteiger partial charge in [-0.2, -0.15) is 0 Å². The number of rotatable bonds is 3. The van der Waals surface area contributed by atoms with Gasteiger partial charge in [0.2, 0.25) is 11.7 Å². The van der Waals surface area contributed by atoms with Crippen LogP contribution in [0.2, 0.25) is 5.15 Å². The number of imidazole rings is 1. The lowest BCUT2D eigenvalue weighted by atomic mass is 9.77. The first-order valence-corrected chi connectivity index (χ1v) is 8.69. The van der Waals surface area contributed by atoms with Crippen LogP contribution in [0.3, 0.4) is 0 Å². The minimum atomic E-state index is -0.581. The summed E-state index contributed by atoms with van der Waals surface area (Å²) in [7, 11) is 0. The minimum Gasteiger partial charge on any atom is -0.390 e. The SMILES string of the molecule is CC1(O)CC(Nc2ncc3c(-c4cnc5ncc(Cl)n5c4)ccn3n2)C1. The molecular weight excluding hydrogens is 354 g/mol. The fourth-order valence-corrected chi connectivity index (χ4v) is 3.65. The number of fused-ring (bicyclic) bond motifs is 2. The second kappa shape index (κ2) is 5.39. The van der Waals surface area contributed by atoms with Crippen LogP contribution in [0.1, 0.15) is 19.8 Å². The molecular formula is C17H16ClN7O. The molecule has 4 aromatic heterocycles. The quantitative estimate of drug-likeness (QED) is 0.576. The summed E-state index contributed by atoms with van der Waals surface area (Å²) in [5, 5.41) is 18.1. The molecule has 8 nitrogen and oxygen atoms in total. The van der Waals surface area contributed by atoms with Crippen LogP contribution in [0.4, 0.5) is 5.95 Å². The van der Waals surface area contributed by atoms with Gasteiger partial charge in [-0.3, -0.25) is 4.40 Å². The molecule has 1 aliphatic rings. The van der Waals surface area contributed by atoms with Crippen LogP contribution >= 0.6 is 11.6 Å². The normalized spacial score (nSPS) is 22.7. The average Bonchev–Trinajstić information content (AvgIpc) is 3.16. The van der Waals surface area contributed by atoms with Crippen LogP contribution in [-0.2, 0) is 0 Å². The fourth-order valence-electron chi connectivity index (χ4n) is 3.48. The van der Waals surface area contributed by atoms with Gasteiger partial charge < -0.3 is 10.4 Å². The van der Waals surface area contributed by atoms with Crippen LogP contribution in [0.5, 0.6) is 0 Å². The zero-order valence-electron chi connectivity index (χ0n) is 14.0. The number of anilines is 1. The van der Waals surface area contributed by atoms with Crippen LogP contribution in [-0.4, -0.2) is 45.7 Å². The topological polar surface area (TPSA) is 92.6 Å². The number of hydrogen-bond donors (Lipinski definition) is 2. The minimum absolute atomic E-state index is 0.201. The monoisotopic (exact) mass is 369 g/mol. The molecule has 1 aliphatic carbocycles. The van der Waals surface area contributed by atoms with Crippen molar-refractivity contribution in [1.82, 2.24) is 29.0 Å². The summed E-state index contributed by atoms with van der Waals surface area (Å²) in [6, 6.07) is 2.17. The first-order valence-electron chi connectivity index (χ1n) is 8.31. The fraction of sp³-hybridized carbons (Fsp3) is 0.294. The zero-order chi connectivity index (χ0) is 17.9. The zero-order valence-corrected chi connectivity index (χ0v) is 14.7. The van der Waals surface area contributed by atoms with Crippen LogP contribution in [0, 0.1) is 0 Å². The second-order valence-corrected chi connectivity index (χ2v) is 7.37. The molecule has 0 bridgehead atoms. The van der Waals surface area contributed by atoms with E-state index in [1.807, 2.05) is 25.4 Å². The van der Waals surface area contributed by atoms with Crippen molar-refractivity contribution >= 4 is 28.8 Å². The van der Waals surface area contributed by atoms with Crippen molar-refractivity contribution in [3.05, 3.63) is 42.2 Å². The third kappa shape index (κ3) is 2.49. The highest BCUT2D eigenvalue weighted by molar-refractivity contribution is 6.29. The number of aliphatic hydroxyl groups is 1. The Morgan fingerprint density at radius 2 is 2.04 bits per heavy atom. The number of nitrogens with zero attached hydrogens (tertiary/aromatic N) is 6. The van der Waals surface area contributed by atoms with Crippen LogP contribution < -0.4 is 5.32 Å². The number of aromatic nitrogens is 6. The molecule has 0 amide bonds. The second-order valence-electron chi connectivity index (χ2n) is 6.98. The molecule has 0 spiro atoms. The average molecular weight is 370 g/mol. The molecule has 5 rings (SSSR count). The summed E-state index contributed by atoms with van der Waals surface area (Å²) in [6.45, 7) is 1.84. The van der Waals surface area contributed by atoms with Crippen molar-refractivity contribution in [2.45, 2.75) is 31.4 Å². The number of nitrogens with one attached hydrogen (secondary N) is 1. The Bertz CT molecular complexity index is 1120. The van der Waals surface area contributed by atoms with Gasteiger partial charge in [-0.05, 0) is 25.8 Å². The van der Waals surface area contributed by atoms with Crippen molar-refractivity contribution in [3.63, 3.8) is 0 Å². The molecule has 4 heterocycles. The molecule has 0 saturated heterocycles. The Balaban J connectivity index is 1.48. The van der Waals surface area contributed by atoms with Gasteiger partial charge >= 0.3 is 0 Å². The van der Waals surface area contributed by atoms with E-state index in [1.54, 1.807) is 27.5 Å². The van der Waals surface area contributed by atoms with E-state index in [9.17, 15) is 5.11 Å². The van der Waals surface area contributed by atoms with Crippen LogP contribution in [0.15, 0.2) is 37.1 Å². The van der Waals surface area contributed by atoms with Gasteiger partial charge in [0.15, 0.2) is 0 Å². The molecule has 1 fully saturated rings. The molecule has 1 saturated carbocycles. The summed E-state index contributed by atoms with van der Waals surface area (Å²) in [6.07, 6.45) is 10.3. The molecule has 4 aromatic rings. The molecule has 132 valence electrons. The summed E-state index contributed by atoms with van der Waals surface area (Å²) < 4.78 is 3.51. The highest BCUT2D eigenvalue weighted by Crippen LogP contribution is 2.33. The van der Waals surface area contributed by atoms with Gasteiger partial charge in [-0.25, -0.2) is 19.5 Å². The Hall–Kier alpha value is -2.71. The maximum atomic E-state index is 9.83. The van der Waals surface area contributed by atoms with Crippen molar-refractivity contribution in [1.29, 1.82) is 0 Å². The highest BCUT2D eigenvalue weighted by atomic mass is 35.5. The van der Waals surface area contributed by atoms with E-state index < -0.39 is 5.60 Å². The summed E-state index contributed by atoms with van der Waals surface area (Å²) in [4.78, 5) is 12.9. The third-order valence-electron chi connectivity index (χ3n) is 4.75. The Morgan fingerprint density at radius 1 is 1.23 bits per heavy atom. The molecule has 9 heteroatoms. The summed E-state index contributed by atoms with van der Waals surface area (Å²) in [5.41, 5.74) is 2.15. The van der Waals surface area contributed by atoms with E-state index in [-0.39, 0.29) is 6.04 Å². The molecule has 0 atom stereocenters. The number of hydrogen-bond acceptors (Lipinski definition) is 6. The van der Waals surface area contributed by atoms with E-state index in [0.717, 1.165) is 16.6 Å². The maximum absolute atomic E-state index is 9.83.